The Morgan fingerprint density at radius 1 is 1.12 bits per heavy atom. The lowest BCUT2D eigenvalue weighted by Gasteiger charge is -2.15. The van der Waals surface area contributed by atoms with Gasteiger partial charge in [0.25, 0.3) is 15.9 Å². The molecule has 140 valence electrons. The van der Waals surface area contributed by atoms with Crippen LogP contribution in [0.4, 0.5) is 5.69 Å². The van der Waals surface area contributed by atoms with Crippen LogP contribution in [0.2, 0.25) is 0 Å². The Labute approximate surface area is 154 Å². The van der Waals surface area contributed by atoms with Gasteiger partial charge in [-0.05, 0) is 63.1 Å². The number of anilines is 1. The fourth-order valence-corrected chi connectivity index (χ4v) is 3.59. The number of nitrogens with one attached hydrogen (secondary N) is 2. The Morgan fingerprint density at radius 3 is 2.42 bits per heavy atom. The van der Waals surface area contributed by atoms with Gasteiger partial charge in [-0.25, -0.2) is 8.42 Å². The van der Waals surface area contributed by atoms with Gasteiger partial charge >= 0.3 is 0 Å². The van der Waals surface area contributed by atoms with E-state index in [1.165, 1.54) is 25.3 Å². The normalized spacial score (nSPS) is 11.3. The zero-order valence-corrected chi connectivity index (χ0v) is 16.4. The van der Waals surface area contributed by atoms with Crippen molar-refractivity contribution in [2.45, 2.75) is 38.6 Å². The molecule has 6 nitrogen and oxygen atoms in total. The Morgan fingerprint density at radius 2 is 1.81 bits per heavy atom. The highest BCUT2D eigenvalue weighted by atomic mass is 32.2. The average Bonchev–Trinajstić information content (AvgIpc) is 2.57. The second-order valence-corrected chi connectivity index (χ2v) is 8.03. The summed E-state index contributed by atoms with van der Waals surface area (Å²) in [7, 11) is -2.41. The Balaban J connectivity index is 2.43. The molecule has 7 heteroatoms. The number of benzene rings is 2. The largest absolute Gasteiger partial charge is 0.496 e. The van der Waals surface area contributed by atoms with Crippen LogP contribution in [0.25, 0.3) is 0 Å². The van der Waals surface area contributed by atoms with Crippen molar-refractivity contribution in [1.82, 2.24) is 5.32 Å². The summed E-state index contributed by atoms with van der Waals surface area (Å²) in [5.41, 5.74) is 2.51. The number of hydrogen-bond donors (Lipinski definition) is 2. The van der Waals surface area contributed by atoms with E-state index in [2.05, 4.69) is 10.0 Å². The minimum atomic E-state index is -3.85. The number of aryl methyl sites for hydroxylation is 1. The van der Waals surface area contributed by atoms with Crippen LogP contribution < -0.4 is 14.8 Å². The summed E-state index contributed by atoms with van der Waals surface area (Å²) in [5.74, 6) is -0.0746. The smallest absolute Gasteiger partial charge is 0.261 e. The molecule has 0 heterocycles. The van der Waals surface area contributed by atoms with Crippen LogP contribution in [0.15, 0.2) is 41.3 Å². The summed E-state index contributed by atoms with van der Waals surface area (Å²) in [6, 6.07) is 9.54. The molecule has 0 fully saturated rings. The van der Waals surface area contributed by atoms with Gasteiger partial charge in [0.15, 0.2) is 0 Å². The van der Waals surface area contributed by atoms with Crippen molar-refractivity contribution in [3.05, 3.63) is 53.1 Å². The van der Waals surface area contributed by atoms with Gasteiger partial charge in [0.05, 0.1) is 23.3 Å². The zero-order chi connectivity index (χ0) is 19.5. The highest BCUT2D eigenvalue weighted by Gasteiger charge is 2.21. The number of sulfonamides is 1. The van der Waals surface area contributed by atoms with Crippen LogP contribution in [-0.2, 0) is 10.0 Å². The van der Waals surface area contributed by atoms with Crippen LogP contribution in [0.3, 0.4) is 0 Å². The first-order valence-electron chi connectivity index (χ1n) is 8.23. The molecule has 1 amide bonds. The van der Waals surface area contributed by atoms with Crippen molar-refractivity contribution in [3.8, 4) is 5.75 Å². The molecule has 0 atom stereocenters. The van der Waals surface area contributed by atoms with Crippen molar-refractivity contribution in [1.29, 1.82) is 0 Å². The van der Waals surface area contributed by atoms with Crippen LogP contribution >= 0.6 is 0 Å². The maximum absolute atomic E-state index is 12.8. The number of ether oxygens (including phenoxy) is 1. The van der Waals surface area contributed by atoms with E-state index in [-0.39, 0.29) is 22.4 Å². The molecule has 0 radical (unpaired) electrons. The van der Waals surface area contributed by atoms with E-state index in [0.29, 0.717) is 11.4 Å². The maximum atomic E-state index is 12.8. The molecule has 0 saturated heterocycles. The third-order valence-corrected chi connectivity index (χ3v) is 5.36. The van der Waals surface area contributed by atoms with Crippen LogP contribution in [0, 0.1) is 13.8 Å². The van der Waals surface area contributed by atoms with Crippen molar-refractivity contribution < 1.29 is 17.9 Å². The number of carbonyl (C=O) groups is 1. The molecule has 0 saturated carbocycles. The first kappa shape index (κ1) is 19.8. The van der Waals surface area contributed by atoms with E-state index in [0.717, 1.165) is 11.1 Å². The average molecular weight is 376 g/mol. The van der Waals surface area contributed by atoms with E-state index in [1.54, 1.807) is 12.1 Å². The quantitative estimate of drug-likeness (QED) is 0.810. The van der Waals surface area contributed by atoms with Gasteiger partial charge in [0.1, 0.15) is 5.75 Å². The second-order valence-electron chi connectivity index (χ2n) is 6.34. The van der Waals surface area contributed by atoms with Crippen molar-refractivity contribution >= 4 is 21.6 Å². The molecule has 0 spiro atoms. The Kier molecular flexibility index (Phi) is 5.92. The number of carbonyl (C=O) groups excluding carboxylic acids is 1. The molecule has 0 aliphatic heterocycles. The molecular formula is C19H24N2O4S. The molecule has 2 N–H and O–H groups in total. The maximum Gasteiger partial charge on any atom is 0.261 e. The highest BCUT2D eigenvalue weighted by molar-refractivity contribution is 7.92. The lowest BCUT2D eigenvalue weighted by atomic mass is 10.1. The monoisotopic (exact) mass is 376 g/mol. The summed E-state index contributed by atoms with van der Waals surface area (Å²) in [4.78, 5) is 12.4. The van der Waals surface area contributed by atoms with E-state index >= 15 is 0 Å². The van der Waals surface area contributed by atoms with Crippen LogP contribution in [0.5, 0.6) is 5.75 Å². The molecule has 0 aliphatic carbocycles. The van der Waals surface area contributed by atoms with Gasteiger partial charge in [-0.15, -0.1) is 0 Å². The second kappa shape index (κ2) is 7.78. The van der Waals surface area contributed by atoms with Crippen LogP contribution in [-0.4, -0.2) is 27.5 Å². The Bertz CT molecular complexity index is 921. The topological polar surface area (TPSA) is 84.5 Å². The highest BCUT2D eigenvalue weighted by Crippen LogP contribution is 2.26. The fraction of sp³-hybridized carbons (Fsp3) is 0.316. The van der Waals surface area contributed by atoms with Gasteiger partial charge in [-0.1, -0.05) is 12.1 Å². The predicted molar refractivity (Wildman–Crippen MR) is 102 cm³/mol. The first-order valence-corrected chi connectivity index (χ1v) is 9.72. The van der Waals surface area contributed by atoms with Crippen molar-refractivity contribution in [3.63, 3.8) is 0 Å². The van der Waals surface area contributed by atoms with Gasteiger partial charge in [-0.3, -0.25) is 9.52 Å². The molecule has 2 aromatic rings. The van der Waals surface area contributed by atoms with E-state index in [9.17, 15) is 13.2 Å². The van der Waals surface area contributed by atoms with Gasteiger partial charge in [0.2, 0.25) is 0 Å². The summed E-state index contributed by atoms with van der Waals surface area (Å²) < 4.78 is 33.3. The lowest BCUT2D eigenvalue weighted by Crippen LogP contribution is -2.30. The lowest BCUT2D eigenvalue weighted by molar-refractivity contribution is 0.0940. The molecule has 2 rings (SSSR count). The molecule has 2 aromatic carbocycles. The fourth-order valence-electron chi connectivity index (χ4n) is 2.44. The van der Waals surface area contributed by atoms with Crippen molar-refractivity contribution in [2.24, 2.45) is 0 Å². The SMILES string of the molecule is COc1ccc(S(=O)(=O)Nc2cccc(C)c2C)cc1C(=O)NC(C)C. The molecule has 0 aliphatic rings. The summed E-state index contributed by atoms with van der Waals surface area (Å²) in [6.07, 6.45) is 0. The molecule has 0 unspecified atom stereocenters. The third-order valence-electron chi connectivity index (χ3n) is 3.99. The minimum Gasteiger partial charge on any atom is -0.496 e. The summed E-state index contributed by atoms with van der Waals surface area (Å²) in [6.45, 7) is 7.41. The predicted octanol–water partition coefficient (Wildman–Crippen LogP) is 3.25. The van der Waals surface area contributed by atoms with Gasteiger partial charge < -0.3 is 10.1 Å². The first-order chi connectivity index (χ1) is 12.2. The molecular weight excluding hydrogens is 352 g/mol. The van der Waals surface area contributed by atoms with Crippen LogP contribution in [0.1, 0.15) is 35.3 Å². The number of amides is 1. The van der Waals surface area contributed by atoms with E-state index in [1.807, 2.05) is 33.8 Å². The summed E-state index contributed by atoms with van der Waals surface area (Å²) in [5, 5.41) is 2.74. The van der Waals surface area contributed by atoms with E-state index in [4.69, 9.17) is 4.74 Å². The van der Waals surface area contributed by atoms with Crippen molar-refractivity contribution in [2.75, 3.05) is 11.8 Å². The summed E-state index contributed by atoms with van der Waals surface area (Å²) >= 11 is 0. The van der Waals surface area contributed by atoms with Gasteiger partial charge in [0, 0.05) is 6.04 Å². The third kappa shape index (κ3) is 4.35. The number of methoxy groups -OCH3 is 1. The minimum absolute atomic E-state index is 0.00638. The number of rotatable bonds is 6. The van der Waals surface area contributed by atoms with E-state index < -0.39 is 10.0 Å². The molecule has 0 bridgehead atoms. The van der Waals surface area contributed by atoms with Gasteiger partial charge in [-0.2, -0.15) is 0 Å². The standard InChI is InChI=1S/C19H24N2O4S/c1-12(2)20-19(22)16-11-15(9-10-18(16)25-5)26(23,24)21-17-8-6-7-13(3)14(17)4/h6-12,21H,1-5H3,(H,20,22). The molecule has 0 aromatic heterocycles. The number of hydrogen-bond acceptors (Lipinski definition) is 4. The Hall–Kier alpha value is -2.54. The zero-order valence-electron chi connectivity index (χ0n) is 15.6. The molecule has 26 heavy (non-hydrogen) atoms.